The van der Waals surface area contributed by atoms with Crippen LogP contribution >= 0.6 is 0 Å². The summed E-state index contributed by atoms with van der Waals surface area (Å²) in [5.41, 5.74) is 1.14. The minimum Gasteiger partial charge on any atom is -0.364 e. The van der Waals surface area contributed by atoms with Crippen molar-refractivity contribution < 1.29 is 13.6 Å². The van der Waals surface area contributed by atoms with Crippen LogP contribution in [0.15, 0.2) is 54.6 Å². The van der Waals surface area contributed by atoms with Crippen molar-refractivity contribution in [2.45, 2.75) is 12.3 Å². The lowest BCUT2D eigenvalue weighted by Crippen LogP contribution is -2.39. The topological polar surface area (TPSA) is 20.3 Å². The second-order valence-corrected chi connectivity index (χ2v) is 5.18. The summed E-state index contributed by atoms with van der Waals surface area (Å²) in [6.07, 6.45) is 0.280. The highest BCUT2D eigenvalue weighted by Crippen LogP contribution is 2.34. The number of hydrogen-bond acceptors (Lipinski definition) is 2. The molecule has 0 saturated carbocycles. The number of benzene rings is 2. The van der Waals surface area contributed by atoms with Gasteiger partial charge in [0.1, 0.15) is 0 Å². The van der Waals surface area contributed by atoms with Crippen LogP contribution in [-0.2, 0) is 5.92 Å². The summed E-state index contributed by atoms with van der Waals surface area (Å²) in [7, 11) is 0. The maximum Gasteiger partial charge on any atom is 0.290 e. The van der Waals surface area contributed by atoms with Crippen LogP contribution in [0.4, 0.5) is 14.5 Å². The summed E-state index contributed by atoms with van der Waals surface area (Å²) in [6, 6.07) is 14.8. The van der Waals surface area contributed by atoms with E-state index in [4.69, 9.17) is 0 Å². The standard InChI is InChI=1S/C17H15F2NO/c18-17(19,13-6-2-1-3-7-13)12-20-11-10-16(21)14-8-4-5-9-15(14)20/h1-9H,10-12H2. The van der Waals surface area contributed by atoms with Crippen LogP contribution in [0.3, 0.4) is 0 Å². The summed E-state index contributed by atoms with van der Waals surface area (Å²) in [5, 5.41) is 0. The first-order chi connectivity index (χ1) is 10.1. The number of rotatable bonds is 3. The number of carbonyl (C=O) groups is 1. The van der Waals surface area contributed by atoms with Gasteiger partial charge in [0.05, 0.1) is 6.54 Å². The number of para-hydroxylation sites is 1. The minimum absolute atomic E-state index is 0.000573. The van der Waals surface area contributed by atoms with Gasteiger partial charge >= 0.3 is 0 Å². The van der Waals surface area contributed by atoms with Gasteiger partial charge in [0.15, 0.2) is 5.78 Å². The molecule has 1 aliphatic rings. The van der Waals surface area contributed by atoms with Gasteiger partial charge in [0.25, 0.3) is 5.92 Å². The Kier molecular flexibility index (Phi) is 3.45. The maximum atomic E-state index is 14.4. The van der Waals surface area contributed by atoms with Crippen LogP contribution in [0, 0.1) is 0 Å². The third kappa shape index (κ3) is 2.66. The van der Waals surface area contributed by atoms with Crippen LogP contribution in [0.2, 0.25) is 0 Å². The molecule has 0 bridgehead atoms. The maximum absolute atomic E-state index is 14.4. The summed E-state index contributed by atoms with van der Waals surface area (Å²) >= 11 is 0. The highest BCUT2D eigenvalue weighted by molar-refractivity contribution is 6.03. The van der Waals surface area contributed by atoms with Gasteiger partial charge in [-0.15, -0.1) is 0 Å². The van der Waals surface area contributed by atoms with Crippen molar-refractivity contribution in [2.75, 3.05) is 18.0 Å². The summed E-state index contributed by atoms with van der Waals surface area (Å²) < 4.78 is 28.8. The average Bonchev–Trinajstić information content (AvgIpc) is 2.51. The molecular formula is C17H15F2NO. The Labute approximate surface area is 122 Å². The summed E-state index contributed by atoms with van der Waals surface area (Å²) in [5.74, 6) is -2.93. The molecular weight excluding hydrogens is 272 g/mol. The van der Waals surface area contributed by atoms with Crippen molar-refractivity contribution in [1.29, 1.82) is 0 Å². The number of fused-ring (bicyclic) bond motifs is 1. The Morgan fingerprint density at radius 1 is 1.00 bits per heavy atom. The van der Waals surface area contributed by atoms with Gasteiger partial charge in [-0.25, -0.2) is 0 Å². The number of halogens is 2. The van der Waals surface area contributed by atoms with Gasteiger partial charge in [-0.1, -0.05) is 42.5 Å². The number of anilines is 1. The van der Waals surface area contributed by atoms with Crippen LogP contribution < -0.4 is 4.90 Å². The molecule has 0 N–H and O–H groups in total. The molecule has 4 heteroatoms. The summed E-state index contributed by atoms with van der Waals surface area (Å²) in [6.45, 7) is -0.0838. The smallest absolute Gasteiger partial charge is 0.290 e. The predicted octanol–water partition coefficient (Wildman–Crippen LogP) is 3.87. The lowest BCUT2D eigenvalue weighted by molar-refractivity contribution is 0.00364. The quantitative estimate of drug-likeness (QED) is 0.854. The molecule has 108 valence electrons. The molecule has 2 aromatic rings. The fraction of sp³-hybridized carbons (Fsp3) is 0.235. The Morgan fingerprint density at radius 2 is 1.67 bits per heavy atom. The van der Waals surface area contributed by atoms with E-state index >= 15 is 0 Å². The van der Waals surface area contributed by atoms with Gasteiger partial charge in [0.2, 0.25) is 0 Å². The van der Waals surface area contributed by atoms with E-state index in [1.807, 2.05) is 0 Å². The zero-order valence-electron chi connectivity index (χ0n) is 11.4. The minimum atomic E-state index is -2.95. The second kappa shape index (κ2) is 5.28. The molecule has 1 aliphatic heterocycles. The average molecular weight is 287 g/mol. The van der Waals surface area contributed by atoms with Crippen molar-refractivity contribution in [1.82, 2.24) is 0 Å². The van der Waals surface area contributed by atoms with Crippen LogP contribution in [-0.4, -0.2) is 18.9 Å². The first kappa shape index (κ1) is 13.7. The monoisotopic (exact) mass is 287 g/mol. The first-order valence-corrected chi connectivity index (χ1v) is 6.88. The zero-order valence-corrected chi connectivity index (χ0v) is 11.4. The van der Waals surface area contributed by atoms with E-state index in [0.29, 0.717) is 17.8 Å². The van der Waals surface area contributed by atoms with Crippen LogP contribution in [0.25, 0.3) is 0 Å². The molecule has 0 fully saturated rings. The normalized spacial score (nSPS) is 15.0. The third-order valence-corrected chi connectivity index (χ3v) is 3.74. The molecule has 21 heavy (non-hydrogen) atoms. The van der Waals surface area contributed by atoms with Crippen LogP contribution in [0.5, 0.6) is 0 Å². The Bertz CT molecular complexity index is 655. The SMILES string of the molecule is O=C1CCN(CC(F)(F)c2ccccc2)c2ccccc21. The summed E-state index contributed by atoms with van der Waals surface area (Å²) in [4.78, 5) is 13.5. The number of nitrogens with zero attached hydrogens (tertiary/aromatic N) is 1. The molecule has 0 unspecified atom stereocenters. The van der Waals surface area contributed by atoms with Crippen molar-refractivity contribution in [3.05, 3.63) is 65.7 Å². The van der Waals surface area contributed by atoms with Crippen LogP contribution in [0.1, 0.15) is 22.3 Å². The predicted molar refractivity (Wildman–Crippen MR) is 77.9 cm³/mol. The third-order valence-electron chi connectivity index (χ3n) is 3.74. The fourth-order valence-electron chi connectivity index (χ4n) is 2.65. The molecule has 0 radical (unpaired) electrons. The second-order valence-electron chi connectivity index (χ2n) is 5.18. The molecule has 0 spiro atoms. The molecule has 3 rings (SSSR count). The van der Waals surface area contributed by atoms with E-state index in [2.05, 4.69) is 0 Å². The van der Waals surface area contributed by atoms with Crippen molar-refractivity contribution in [3.63, 3.8) is 0 Å². The van der Waals surface area contributed by atoms with Crippen molar-refractivity contribution >= 4 is 11.5 Å². The van der Waals surface area contributed by atoms with Gasteiger partial charge in [-0.05, 0) is 12.1 Å². The van der Waals surface area contributed by atoms with Gasteiger partial charge in [-0.3, -0.25) is 4.79 Å². The molecule has 0 atom stereocenters. The number of hydrogen-bond donors (Lipinski definition) is 0. The molecule has 0 saturated heterocycles. The number of ketones is 1. The van der Waals surface area contributed by atoms with E-state index in [1.165, 1.54) is 12.1 Å². The number of Topliss-reactive ketones (excluding diaryl/α,β-unsaturated/α-hetero) is 1. The van der Waals surface area contributed by atoms with Gasteiger partial charge < -0.3 is 4.90 Å². The van der Waals surface area contributed by atoms with E-state index in [1.54, 1.807) is 47.4 Å². The van der Waals surface area contributed by atoms with E-state index in [0.717, 1.165) is 0 Å². The van der Waals surface area contributed by atoms with E-state index < -0.39 is 12.5 Å². The van der Waals surface area contributed by atoms with Gasteiger partial charge in [-0.2, -0.15) is 8.78 Å². The lowest BCUT2D eigenvalue weighted by atomic mass is 9.99. The Hall–Kier alpha value is -2.23. The highest BCUT2D eigenvalue weighted by Gasteiger charge is 2.36. The number of carbonyl (C=O) groups excluding carboxylic acids is 1. The molecule has 0 aliphatic carbocycles. The number of alkyl halides is 2. The molecule has 2 aromatic carbocycles. The zero-order chi connectivity index (χ0) is 14.9. The molecule has 0 aromatic heterocycles. The van der Waals surface area contributed by atoms with E-state index in [9.17, 15) is 13.6 Å². The van der Waals surface area contributed by atoms with Crippen molar-refractivity contribution in [2.24, 2.45) is 0 Å². The highest BCUT2D eigenvalue weighted by atomic mass is 19.3. The first-order valence-electron chi connectivity index (χ1n) is 6.88. The largest absolute Gasteiger partial charge is 0.364 e. The van der Waals surface area contributed by atoms with Crippen molar-refractivity contribution in [3.8, 4) is 0 Å². The lowest BCUT2D eigenvalue weighted by Gasteiger charge is -2.33. The van der Waals surface area contributed by atoms with E-state index in [-0.39, 0.29) is 17.8 Å². The Balaban J connectivity index is 1.89. The molecule has 1 heterocycles. The fourth-order valence-corrected chi connectivity index (χ4v) is 2.65. The molecule has 2 nitrogen and oxygen atoms in total. The molecule has 0 amide bonds. The van der Waals surface area contributed by atoms with Gasteiger partial charge in [0, 0.05) is 29.8 Å². The Morgan fingerprint density at radius 3 is 2.43 bits per heavy atom.